The summed E-state index contributed by atoms with van der Waals surface area (Å²) in [5.74, 6) is -2.39. The molecular formula is C9H12N2O3. The Bertz CT molecular complexity index is 374. The highest BCUT2D eigenvalue weighted by Gasteiger charge is 2.26. The third-order valence-corrected chi connectivity index (χ3v) is 1.83. The lowest BCUT2D eigenvalue weighted by atomic mass is 9.88. The molecule has 0 aliphatic heterocycles. The van der Waals surface area contributed by atoms with Crippen molar-refractivity contribution < 1.29 is 14.7 Å². The fourth-order valence-corrected chi connectivity index (χ4v) is 1.15. The number of aliphatic carboxylic acids is 1. The second kappa shape index (κ2) is 3.25. The number of nitrogens with one attached hydrogen (secondary N) is 1. The summed E-state index contributed by atoms with van der Waals surface area (Å²) >= 11 is 0. The number of ketones is 1. The molecule has 0 saturated heterocycles. The monoisotopic (exact) mass is 196 g/mol. The van der Waals surface area contributed by atoms with Gasteiger partial charge in [0.05, 0.1) is 17.5 Å². The molecule has 0 spiro atoms. The van der Waals surface area contributed by atoms with E-state index in [1.165, 1.54) is 6.20 Å². The molecule has 0 aliphatic rings. The Labute approximate surface area is 81.1 Å². The summed E-state index contributed by atoms with van der Waals surface area (Å²) in [7, 11) is 0. The molecule has 1 rings (SSSR count). The van der Waals surface area contributed by atoms with E-state index in [4.69, 9.17) is 5.11 Å². The Morgan fingerprint density at radius 1 is 1.43 bits per heavy atom. The van der Waals surface area contributed by atoms with Crippen LogP contribution in [0.1, 0.15) is 36.8 Å². The van der Waals surface area contributed by atoms with Crippen molar-refractivity contribution in [3.63, 3.8) is 0 Å². The topological polar surface area (TPSA) is 83.0 Å². The number of rotatable bonds is 2. The van der Waals surface area contributed by atoms with Gasteiger partial charge in [0.15, 0.2) is 0 Å². The van der Waals surface area contributed by atoms with Crippen molar-refractivity contribution >= 4 is 11.8 Å². The zero-order valence-electron chi connectivity index (χ0n) is 8.29. The Morgan fingerprint density at radius 2 is 2.00 bits per heavy atom. The van der Waals surface area contributed by atoms with E-state index in [1.807, 2.05) is 20.8 Å². The number of carboxylic acid groups (broad SMARTS) is 1. The molecule has 0 amide bonds. The van der Waals surface area contributed by atoms with Gasteiger partial charge in [-0.2, -0.15) is 5.10 Å². The number of carbonyl (C=O) groups is 2. The van der Waals surface area contributed by atoms with Crippen molar-refractivity contribution in [2.45, 2.75) is 26.2 Å². The van der Waals surface area contributed by atoms with Crippen LogP contribution in [0.3, 0.4) is 0 Å². The van der Waals surface area contributed by atoms with E-state index in [0.717, 1.165) is 0 Å². The number of aromatic nitrogens is 2. The first-order chi connectivity index (χ1) is 6.34. The van der Waals surface area contributed by atoms with E-state index < -0.39 is 11.8 Å². The lowest BCUT2D eigenvalue weighted by Crippen LogP contribution is -2.20. The van der Waals surface area contributed by atoms with Crippen molar-refractivity contribution in [3.05, 3.63) is 17.5 Å². The average Bonchev–Trinajstić information content (AvgIpc) is 2.48. The lowest BCUT2D eigenvalue weighted by molar-refractivity contribution is -0.131. The van der Waals surface area contributed by atoms with Gasteiger partial charge in [-0.05, 0) is 0 Å². The Morgan fingerprint density at radius 3 is 2.43 bits per heavy atom. The van der Waals surface area contributed by atoms with Crippen molar-refractivity contribution in [1.82, 2.24) is 10.2 Å². The van der Waals surface area contributed by atoms with Crippen LogP contribution in [0.4, 0.5) is 0 Å². The maximum Gasteiger partial charge on any atom is 0.377 e. The molecule has 0 aromatic carbocycles. The fraction of sp³-hybridized carbons (Fsp3) is 0.444. The first kappa shape index (κ1) is 10.4. The molecule has 0 fully saturated rings. The molecule has 76 valence electrons. The molecule has 14 heavy (non-hydrogen) atoms. The largest absolute Gasteiger partial charge is 0.475 e. The summed E-state index contributed by atoms with van der Waals surface area (Å²) in [5, 5.41) is 14.9. The maximum absolute atomic E-state index is 11.2. The Kier molecular flexibility index (Phi) is 2.42. The van der Waals surface area contributed by atoms with Crippen LogP contribution in [0.25, 0.3) is 0 Å². The molecule has 1 aromatic heterocycles. The normalized spacial score (nSPS) is 11.4. The standard InChI is InChI=1S/C9H12N2O3/c1-9(2,3)7-5(4-10-11-7)6(12)8(13)14/h4H,1-3H3,(H,10,11)(H,13,14). The minimum Gasteiger partial charge on any atom is -0.475 e. The van der Waals surface area contributed by atoms with Gasteiger partial charge in [0, 0.05) is 5.41 Å². The van der Waals surface area contributed by atoms with Gasteiger partial charge in [-0.3, -0.25) is 9.89 Å². The van der Waals surface area contributed by atoms with Gasteiger partial charge in [-0.15, -0.1) is 0 Å². The van der Waals surface area contributed by atoms with Gasteiger partial charge in [-0.1, -0.05) is 20.8 Å². The van der Waals surface area contributed by atoms with Crippen LogP contribution in [-0.4, -0.2) is 27.1 Å². The molecule has 0 aliphatic carbocycles. The zero-order valence-corrected chi connectivity index (χ0v) is 8.29. The summed E-state index contributed by atoms with van der Waals surface area (Å²) < 4.78 is 0. The van der Waals surface area contributed by atoms with Crippen LogP contribution in [-0.2, 0) is 10.2 Å². The van der Waals surface area contributed by atoms with Crippen LogP contribution in [0.15, 0.2) is 6.20 Å². The number of hydrogen-bond donors (Lipinski definition) is 2. The van der Waals surface area contributed by atoms with E-state index in [9.17, 15) is 9.59 Å². The summed E-state index contributed by atoms with van der Waals surface area (Å²) in [5.41, 5.74) is 0.353. The summed E-state index contributed by atoms with van der Waals surface area (Å²) in [6.07, 6.45) is 1.25. The van der Waals surface area contributed by atoms with Gasteiger partial charge in [0.1, 0.15) is 0 Å². The molecule has 1 heterocycles. The van der Waals surface area contributed by atoms with Gasteiger partial charge in [0.25, 0.3) is 5.78 Å². The molecule has 0 bridgehead atoms. The number of H-pyrrole nitrogens is 1. The molecule has 0 radical (unpaired) electrons. The highest BCUT2D eigenvalue weighted by Crippen LogP contribution is 2.23. The van der Waals surface area contributed by atoms with Gasteiger partial charge >= 0.3 is 5.97 Å². The smallest absolute Gasteiger partial charge is 0.377 e. The summed E-state index contributed by atoms with van der Waals surface area (Å²) in [6, 6.07) is 0. The van der Waals surface area contributed by atoms with E-state index in [-0.39, 0.29) is 11.0 Å². The van der Waals surface area contributed by atoms with Gasteiger partial charge < -0.3 is 5.11 Å². The lowest BCUT2D eigenvalue weighted by Gasteiger charge is -2.17. The van der Waals surface area contributed by atoms with Crippen molar-refractivity contribution in [2.24, 2.45) is 0 Å². The maximum atomic E-state index is 11.2. The highest BCUT2D eigenvalue weighted by atomic mass is 16.4. The molecule has 0 saturated carbocycles. The van der Waals surface area contributed by atoms with Crippen molar-refractivity contribution in [1.29, 1.82) is 0 Å². The molecule has 1 aromatic rings. The molecule has 5 nitrogen and oxygen atoms in total. The molecule has 2 N–H and O–H groups in total. The SMILES string of the molecule is CC(C)(C)c1[nH]ncc1C(=O)C(=O)O. The highest BCUT2D eigenvalue weighted by molar-refractivity contribution is 6.40. The third kappa shape index (κ3) is 1.81. The third-order valence-electron chi connectivity index (χ3n) is 1.83. The quantitative estimate of drug-likeness (QED) is 0.545. The van der Waals surface area contributed by atoms with Crippen molar-refractivity contribution in [2.75, 3.05) is 0 Å². The number of Topliss-reactive ketones (excluding diaryl/α,β-unsaturated/α-hetero) is 1. The number of hydrogen-bond acceptors (Lipinski definition) is 3. The minimum atomic E-state index is -1.46. The molecule has 5 heteroatoms. The van der Waals surface area contributed by atoms with Crippen LogP contribution < -0.4 is 0 Å². The molecule has 0 unspecified atom stereocenters. The van der Waals surface area contributed by atoms with Crippen LogP contribution in [0, 0.1) is 0 Å². The number of carbonyl (C=O) groups excluding carboxylic acids is 1. The first-order valence-electron chi connectivity index (χ1n) is 4.15. The van der Waals surface area contributed by atoms with Crippen molar-refractivity contribution in [3.8, 4) is 0 Å². The predicted octanol–water partition coefficient (Wildman–Crippen LogP) is 0.974. The van der Waals surface area contributed by atoms with Crippen LogP contribution >= 0.6 is 0 Å². The fourth-order valence-electron chi connectivity index (χ4n) is 1.15. The predicted molar refractivity (Wildman–Crippen MR) is 49.3 cm³/mol. The Balaban J connectivity index is 3.18. The van der Waals surface area contributed by atoms with E-state index in [0.29, 0.717) is 5.69 Å². The van der Waals surface area contributed by atoms with Gasteiger partial charge in [0.2, 0.25) is 0 Å². The minimum absolute atomic E-state index is 0.130. The van der Waals surface area contributed by atoms with E-state index >= 15 is 0 Å². The zero-order chi connectivity index (χ0) is 10.9. The average molecular weight is 196 g/mol. The summed E-state index contributed by atoms with van der Waals surface area (Å²) in [4.78, 5) is 21.7. The molecule has 0 atom stereocenters. The van der Waals surface area contributed by atoms with E-state index in [2.05, 4.69) is 10.2 Å². The second-order valence-electron chi connectivity index (χ2n) is 4.04. The first-order valence-corrected chi connectivity index (χ1v) is 4.15. The molecular weight excluding hydrogens is 184 g/mol. The van der Waals surface area contributed by atoms with Crippen LogP contribution in [0.5, 0.6) is 0 Å². The number of carboxylic acids is 1. The number of nitrogens with zero attached hydrogens (tertiary/aromatic N) is 1. The summed E-state index contributed by atoms with van der Waals surface area (Å²) in [6.45, 7) is 5.62. The Hall–Kier alpha value is -1.65. The van der Waals surface area contributed by atoms with Crippen LogP contribution in [0.2, 0.25) is 0 Å². The van der Waals surface area contributed by atoms with E-state index in [1.54, 1.807) is 0 Å². The second-order valence-corrected chi connectivity index (χ2v) is 4.04. The van der Waals surface area contributed by atoms with Gasteiger partial charge in [-0.25, -0.2) is 4.79 Å². The number of aromatic amines is 1.